The summed E-state index contributed by atoms with van der Waals surface area (Å²) in [4.78, 5) is 12.1. The minimum Gasteiger partial charge on any atom is -0.397 e. The highest BCUT2D eigenvalue weighted by Gasteiger charge is 2.31. The number of benzene rings is 1. The largest absolute Gasteiger partial charge is 0.397 e. The molecular weight excluding hydrogens is 240 g/mol. The van der Waals surface area contributed by atoms with Crippen LogP contribution in [0.1, 0.15) is 23.7 Å². The van der Waals surface area contributed by atoms with Crippen LogP contribution in [0.2, 0.25) is 5.02 Å². The third-order valence-electron chi connectivity index (χ3n) is 2.93. The number of para-hydroxylation sites is 1. The van der Waals surface area contributed by atoms with E-state index in [-0.39, 0.29) is 11.4 Å². The minimum atomic E-state index is -0.314. The number of amides is 1. The van der Waals surface area contributed by atoms with Crippen molar-refractivity contribution < 1.29 is 9.53 Å². The van der Waals surface area contributed by atoms with E-state index in [2.05, 4.69) is 5.32 Å². The van der Waals surface area contributed by atoms with Gasteiger partial charge in [-0.1, -0.05) is 17.7 Å². The van der Waals surface area contributed by atoms with E-state index in [1.807, 2.05) is 6.92 Å². The molecule has 0 saturated carbocycles. The summed E-state index contributed by atoms with van der Waals surface area (Å²) in [6.45, 7) is 3.15. The number of halogens is 1. The first-order valence-corrected chi connectivity index (χ1v) is 5.84. The van der Waals surface area contributed by atoms with Gasteiger partial charge in [0, 0.05) is 6.61 Å². The van der Waals surface area contributed by atoms with Gasteiger partial charge in [0.2, 0.25) is 0 Å². The van der Waals surface area contributed by atoms with Crippen molar-refractivity contribution in [3.8, 4) is 0 Å². The van der Waals surface area contributed by atoms with E-state index in [4.69, 9.17) is 22.1 Å². The van der Waals surface area contributed by atoms with E-state index in [0.717, 1.165) is 6.42 Å². The SMILES string of the molecule is CC1(NC(=O)c2cccc(Cl)c2N)CCOC1. The molecule has 1 heterocycles. The van der Waals surface area contributed by atoms with E-state index >= 15 is 0 Å². The molecule has 5 heteroatoms. The van der Waals surface area contributed by atoms with Crippen LogP contribution in [0.15, 0.2) is 18.2 Å². The molecule has 1 unspecified atom stereocenters. The van der Waals surface area contributed by atoms with Crippen molar-refractivity contribution in [2.75, 3.05) is 18.9 Å². The van der Waals surface area contributed by atoms with E-state index < -0.39 is 0 Å². The summed E-state index contributed by atoms with van der Waals surface area (Å²) >= 11 is 5.88. The lowest BCUT2D eigenvalue weighted by molar-refractivity contribution is 0.0891. The van der Waals surface area contributed by atoms with Crippen LogP contribution in [0.5, 0.6) is 0 Å². The summed E-state index contributed by atoms with van der Waals surface area (Å²) in [6, 6.07) is 5.03. The molecule has 1 amide bonds. The topological polar surface area (TPSA) is 64.4 Å². The van der Waals surface area contributed by atoms with Crippen molar-refractivity contribution in [2.24, 2.45) is 0 Å². The molecule has 1 atom stereocenters. The number of ether oxygens (including phenoxy) is 1. The maximum atomic E-state index is 12.1. The van der Waals surface area contributed by atoms with Crippen LogP contribution in [-0.4, -0.2) is 24.7 Å². The number of carbonyl (C=O) groups excluding carboxylic acids is 1. The molecular formula is C12H15ClN2O2. The normalized spacial score (nSPS) is 23.6. The number of anilines is 1. The summed E-state index contributed by atoms with van der Waals surface area (Å²) in [7, 11) is 0. The number of carbonyl (C=O) groups is 1. The second-order valence-electron chi connectivity index (χ2n) is 4.52. The van der Waals surface area contributed by atoms with Gasteiger partial charge in [-0.15, -0.1) is 0 Å². The van der Waals surface area contributed by atoms with Gasteiger partial charge in [0.1, 0.15) is 0 Å². The number of nitrogens with one attached hydrogen (secondary N) is 1. The Kier molecular flexibility index (Phi) is 3.26. The zero-order chi connectivity index (χ0) is 12.5. The highest BCUT2D eigenvalue weighted by Crippen LogP contribution is 2.24. The second kappa shape index (κ2) is 4.55. The molecule has 4 nitrogen and oxygen atoms in total. The molecule has 0 aliphatic carbocycles. The minimum absolute atomic E-state index is 0.210. The molecule has 0 spiro atoms. The predicted octanol–water partition coefficient (Wildman–Crippen LogP) is 1.83. The first-order chi connectivity index (χ1) is 8.02. The van der Waals surface area contributed by atoms with E-state index in [9.17, 15) is 4.79 Å². The average Bonchev–Trinajstić information content (AvgIpc) is 2.68. The van der Waals surface area contributed by atoms with Gasteiger partial charge >= 0.3 is 0 Å². The fourth-order valence-corrected chi connectivity index (χ4v) is 2.02. The van der Waals surface area contributed by atoms with Crippen molar-refractivity contribution in [1.82, 2.24) is 5.32 Å². The van der Waals surface area contributed by atoms with Crippen molar-refractivity contribution in [2.45, 2.75) is 18.9 Å². The standard InChI is InChI=1S/C12H15ClN2O2/c1-12(5-6-17-7-12)15-11(16)8-3-2-4-9(13)10(8)14/h2-4H,5-7,14H2,1H3,(H,15,16). The lowest BCUT2D eigenvalue weighted by atomic mass is 10.0. The Hall–Kier alpha value is -1.26. The second-order valence-corrected chi connectivity index (χ2v) is 4.93. The molecule has 0 bridgehead atoms. The average molecular weight is 255 g/mol. The van der Waals surface area contributed by atoms with Gasteiger partial charge < -0.3 is 15.8 Å². The first-order valence-electron chi connectivity index (χ1n) is 5.46. The Morgan fingerprint density at radius 2 is 2.35 bits per heavy atom. The maximum Gasteiger partial charge on any atom is 0.253 e. The number of hydrogen-bond donors (Lipinski definition) is 2. The zero-order valence-electron chi connectivity index (χ0n) is 9.63. The molecule has 1 aromatic rings. The lowest BCUT2D eigenvalue weighted by Crippen LogP contribution is -2.46. The summed E-state index contributed by atoms with van der Waals surface area (Å²) in [6.07, 6.45) is 0.805. The van der Waals surface area contributed by atoms with Crippen molar-refractivity contribution in [3.63, 3.8) is 0 Å². The third-order valence-corrected chi connectivity index (χ3v) is 3.26. The molecule has 1 aliphatic heterocycles. The monoisotopic (exact) mass is 254 g/mol. The molecule has 1 aromatic carbocycles. The highest BCUT2D eigenvalue weighted by molar-refractivity contribution is 6.33. The Bertz CT molecular complexity index is 442. The van der Waals surface area contributed by atoms with E-state index in [1.54, 1.807) is 18.2 Å². The zero-order valence-corrected chi connectivity index (χ0v) is 10.4. The highest BCUT2D eigenvalue weighted by atomic mass is 35.5. The van der Waals surface area contributed by atoms with Crippen LogP contribution in [0.3, 0.4) is 0 Å². The Morgan fingerprint density at radius 3 is 3.00 bits per heavy atom. The fourth-order valence-electron chi connectivity index (χ4n) is 1.84. The smallest absolute Gasteiger partial charge is 0.253 e. The van der Waals surface area contributed by atoms with Crippen LogP contribution >= 0.6 is 11.6 Å². The van der Waals surface area contributed by atoms with Gasteiger partial charge in [-0.2, -0.15) is 0 Å². The molecule has 1 saturated heterocycles. The van der Waals surface area contributed by atoms with Crippen LogP contribution in [0.25, 0.3) is 0 Å². The summed E-state index contributed by atoms with van der Waals surface area (Å²) in [5.41, 5.74) is 6.19. The van der Waals surface area contributed by atoms with Gasteiger partial charge in [0.25, 0.3) is 5.91 Å². The Morgan fingerprint density at radius 1 is 1.59 bits per heavy atom. The number of nitrogens with two attached hydrogens (primary N) is 1. The molecule has 3 N–H and O–H groups in total. The van der Waals surface area contributed by atoms with E-state index in [1.165, 1.54) is 0 Å². The third kappa shape index (κ3) is 2.53. The molecule has 2 rings (SSSR count). The summed E-state index contributed by atoms with van der Waals surface area (Å²) < 4.78 is 5.28. The van der Waals surface area contributed by atoms with Gasteiger partial charge in [0.15, 0.2) is 0 Å². The molecule has 92 valence electrons. The maximum absolute atomic E-state index is 12.1. The number of rotatable bonds is 2. The van der Waals surface area contributed by atoms with Crippen LogP contribution < -0.4 is 11.1 Å². The molecule has 17 heavy (non-hydrogen) atoms. The van der Waals surface area contributed by atoms with E-state index in [0.29, 0.717) is 29.5 Å². The van der Waals surface area contributed by atoms with Crippen LogP contribution in [-0.2, 0) is 4.74 Å². The first kappa shape index (κ1) is 12.2. The Labute approximate surface area is 105 Å². The van der Waals surface area contributed by atoms with Gasteiger partial charge in [0.05, 0.1) is 28.4 Å². The lowest BCUT2D eigenvalue weighted by Gasteiger charge is -2.24. The van der Waals surface area contributed by atoms with Gasteiger partial charge in [-0.3, -0.25) is 4.79 Å². The van der Waals surface area contributed by atoms with Crippen molar-refractivity contribution >= 4 is 23.2 Å². The number of nitrogen functional groups attached to an aromatic ring is 1. The van der Waals surface area contributed by atoms with Crippen molar-refractivity contribution in [3.05, 3.63) is 28.8 Å². The molecule has 1 fully saturated rings. The molecule has 0 aromatic heterocycles. The Balaban J connectivity index is 2.17. The fraction of sp³-hybridized carbons (Fsp3) is 0.417. The summed E-state index contributed by atoms with van der Waals surface area (Å²) in [5, 5.41) is 3.33. The van der Waals surface area contributed by atoms with Gasteiger partial charge in [-0.25, -0.2) is 0 Å². The van der Waals surface area contributed by atoms with Crippen LogP contribution in [0.4, 0.5) is 5.69 Å². The van der Waals surface area contributed by atoms with Gasteiger partial charge in [-0.05, 0) is 25.5 Å². The quantitative estimate of drug-likeness (QED) is 0.792. The molecule has 0 radical (unpaired) electrons. The summed E-state index contributed by atoms with van der Waals surface area (Å²) in [5.74, 6) is -0.210. The van der Waals surface area contributed by atoms with Crippen molar-refractivity contribution in [1.29, 1.82) is 0 Å². The molecule has 1 aliphatic rings. The van der Waals surface area contributed by atoms with Crippen LogP contribution in [0, 0.1) is 0 Å². The predicted molar refractivity (Wildman–Crippen MR) is 67.2 cm³/mol. The number of hydrogen-bond acceptors (Lipinski definition) is 3.